The normalized spacial score (nSPS) is 17.4. The number of nitrogens with zero attached hydrogens (tertiary/aromatic N) is 7. The average Bonchev–Trinajstić information content (AvgIpc) is 3.10. The highest BCUT2D eigenvalue weighted by Crippen LogP contribution is 2.09. The van der Waals surface area contributed by atoms with E-state index in [9.17, 15) is 0 Å². The zero-order chi connectivity index (χ0) is 14.7. The van der Waals surface area contributed by atoms with Crippen molar-refractivity contribution in [3.63, 3.8) is 0 Å². The van der Waals surface area contributed by atoms with E-state index >= 15 is 0 Å². The largest absolute Gasteiger partial charge is 0.340 e. The Kier molecular flexibility index (Phi) is 4.26. The van der Waals surface area contributed by atoms with Crippen LogP contribution in [0.3, 0.4) is 0 Å². The predicted octanol–water partition coefficient (Wildman–Crippen LogP) is 0.307. The summed E-state index contributed by atoms with van der Waals surface area (Å²) < 4.78 is 6.96. The highest BCUT2D eigenvalue weighted by molar-refractivity contribution is 4.88. The van der Waals surface area contributed by atoms with Crippen molar-refractivity contribution in [1.29, 1.82) is 0 Å². The lowest BCUT2D eigenvalue weighted by molar-refractivity contribution is 0.116. The first-order valence-corrected chi connectivity index (χ1v) is 7.35. The first-order valence-electron chi connectivity index (χ1n) is 7.35. The summed E-state index contributed by atoms with van der Waals surface area (Å²) in [5.41, 5.74) is 0. The van der Waals surface area contributed by atoms with Crippen molar-refractivity contribution in [3.8, 4) is 0 Å². The number of aryl methyl sites for hydroxylation is 2. The lowest BCUT2D eigenvalue weighted by Gasteiger charge is -2.33. The van der Waals surface area contributed by atoms with Crippen LogP contribution in [-0.4, -0.2) is 60.9 Å². The molecule has 0 aliphatic carbocycles. The Balaban J connectivity index is 1.49. The predicted molar refractivity (Wildman–Crippen MR) is 75.3 cm³/mol. The Bertz CT molecular complexity index is 571. The van der Waals surface area contributed by atoms with Crippen LogP contribution in [0.2, 0.25) is 0 Å². The minimum atomic E-state index is 0.627. The van der Waals surface area contributed by atoms with Crippen LogP contribution in [0.15, 0.2) is 10.9 Å². The molecule has 2 aromatic heterocycles. The minimum absolute atomic E-state index is 0.627. The van der Waals surface area contributed by atoms with Crippen molar-refractivity contribution >= 4 is 0 Å². The molecular weight excluding hydrogens is 270 g/mol. The van der Waals surface area contributed by atoms with Gasteiger partial charge in [-0.05, 0) is 6.92 Å². The van der Waals surface area contributed by atoms with Gasteiger partial charge in [0.15, 0.2) is 5.82 Å². The molecule has 0 atom stereocenters. The van der Waals surface area contributed by atoms with E-state index in [1.807, 2.05) is 11.6 Å². The third-order valence-electron chi connectivity index (χ3n) is 3.76. The lowest BCUT2D eigenvalue weighted by atomic mass is 10.3. The Morgan fingerprint density at radius 3 is 2.48 bits per heavy atom. The fourth-order valence-electron chi connectivity index (χ4n) is 2.59. The molecule has 0 radical (unpaired) electrons. The molecule has 0 spiro atoms. The summed E-state index contributed by atoms with van der Waals surface area (Å²) in [6.45, 7) is 10.5. The highest BCUT2D eigenvalue weighted by atomic mass is 16.5. The molecule has 3 rings (SSSR count). The van der Waals surface area contributed by atoms with Crippen molar-refractivity contribution < 1.29 is 4.52 Å². The van der Waals surface area contributed by atoms with Gasteiger partial charge in [-0.3, -0.25) is 9.80 Å². The summed E-state index contributed by atoms with van der Waals surface area (Å²) >= 11 is 0. The maximum Gasteiger partial charge on any atom is 0.223 e. The third kappa shape index (κ3) is 3.45. The van der Waals surface area contributed by atoms with Crippen molar-refractivity contribution in [2.75, 3.05) is 26.2 Å². The van der Waals surface area contributed by atoms with Crippen LogP contribution >= 0.6 is 0 Å². The van der Waals surface area contributed by atoms with E-state index in [0.29, 0.717) is 5.89 Å². The summed E-state index contributed by atoms with van der Waals surface area (Å²) in [7, 11) is 0. The van der Waals surface area contributed by atoms with Gasteiger partial charge in [0.2, 0.25) is 5.89 Å². The van der Waals surface area contributed by atoms with E-state index in [4.69, 9.17) is 4.52 Å². The Hall–Kier alpha value is -1.80. The van der Waals surface area contributed by atoms with Gasteiger partial charge in [0.25, 0.3) is 0 Å². The molecule has 0 aromatic carbocycles. The van der Waals surface area contributed by atoms with Gasteiger partial charge in [-0.25, -0.2) is 9.67 Å². The Morgan fingerprint density at radius 1 is 1.14 bits per heavy atom. The molecule has 0 amide bonds. The molecule has 3 heterocycles. The van der Waals surface area contributed by atoms with Crippen molar-refractivity contribution in [2.24, 2.45) is 0 Å². The Labute approximate surface area is 123 Å². The molecular formula is C13H21N7O. The van der Waals surface area contributed by atoms with Crippen molar-refractivity contribution in [3.05, 3.63) is 23.9 Å². The van der Waals surface area contributed by atoms with Crippen LogP contribution < -0.4 is 0 Å². The molecule has 1 aliphatic rings. The summed E-state index contributed by atoms with van der Waals surface area (Å²) in [4.78, 5) is 13.4. The number of hydrogen-bond donors (Lipinski definition) is 0. The van der Waals surface area contributed by atoms with Crippen LogP contribution in [0.25, 0.3) is 0 Å². The molecule has 8 heteroatoms. The van der Waals surface area contributed by atoms with Gasteiger partial charge in [0.1, 0.15) is 12.2 Å². The number of piperazine rings is 1. The lowest BCUT2D eigenvalue weighted by Crippen LogP contribution is -2.45. The van der Waals surface area contributed by atoms with Gasteiger partial charge >= 0.3 is 0 Å². The van der Waals surface area contributed by atoms with Gasteiger partial charge in [0, 0.05) is 39.6 Å². The van der Waals surface area contributed by atoms with Gasteiger partial charge in [-0.15, -0.1) is 0 Å². The molecule has 1 fully saturated rings. The monoisotopic (exact) mass is 291 g/mol. The standard InChI is InChI=1S/C13H21N7O/c1-3-20-13(14-10-15-20)9-19-6-4-18(5-7-19)8-12-16-11(2)21-17-12/h10H,3-9H2,1-2H3. The highest BCUT2D eigenvalue weighted by Gasteiger charge is 2.20. The second kappa shape index (κ2) is 6.31. The molecule has 0 bridgehead atoms. The summed E-state index contributed by atoms with van der Waals surface area (Å²) in [6.07, 6.45) is 1.63. The zero-order valence-corrected chi connectivity index (χ0v) is 12.6. The van der Waals surface area contributed by atoms with Crippen LogP contribution in [0.4, 0.5) is 0 Å². The summed E-state index contributed by atoms with van der Waals surface area (Å²) in [5.74, 6) is 2.44. The molecule has 1 aliphatic heterocycles. The quantitative estimate of drug-likeness (QED) is 0.784. The molecule has 1 saturated heterocycles. The summed E-state index contributed by atoms with van der Waals surface area (Å²) in [6, 6.07) is 0. The fourth-order valence-corrected chi connectivity index (χ4v) is 2.59. The number of hydrogen-bond acceptors (Lipinski definition) is 7. The second-order valence-corrected chi connectivity index (χ2v) is 5.27. The van der Waals surface area contributed by atoms with Crippen LogP contribution in [0.1, 0.15) is 24.5 Å². The number of rotatable bonds is 5. The molecule has 0 N–H and O–H groups in total. The third-order valence-corrected chi connectivity index (χ3v) is 3.76. The molecule has 0 unspecified atom stereocenters. The zero-order valence-electron chi connectivity index (χ0n) is 12.6. The second-order valence-electron chi connectivity index (χ2n) is 5.27. The Morgan fingerprint density at radius 2 is 1.86 bits per heavy atom. The van der Waals surface area contributed by atoms with Gasteiger partial charge in [-0.1, -0.05) is 5.16 Å². The number of aromatic nitrogens is 5. The van der Waals surface area contributed by atoms with E-state index in [1.54, 1.807) is 6.33 Å². The van der Waals surface area contributed by atoms with Gasteiger partial charge < -0.3 is 4.52 Å². The van der Waals surface area contributed by atoms with Crippen LogP contribution in [0.5, 0.6) is 0 Å². The first-order chi connectivity index (χ1) is 10.2. The first kappa shape index (κ1) is 14.2. The molecule has 21 heavy (non-hydrogen) atoms. The molecule has 8 nitrogen and oxygen atoms in total. The van der Waals surface area contributed by atoms with Crippen LogP contribution in [0, 0.1) is 6.92 Å². The van der Waals surface area contributed by atoms with E-state index in [-0.39, 0.29) is 0 Å². The molecule has 0 saturated carbocycles. The van der Waals surface area contributed by atoms with E-state index < -0.39 is 0 Å². The minimum Gasteiger partial charge on any atom is -0.340 e. The van der Waals surface area contributed by atoms with E-state index in [1.165, 1.54) is 0 Å². The van der Waals surface area contributed by atoms with E-state index in [2.05, 4.69) is 36.9 Å². The van der Waals surface area contributed by atoms with Gasteiger partial charge in [0.05, 0.1) is 13.1 Å². The van der Waals surface area contributed by atoms with Crippen molar-refractivity contribution in [1.82, 2.24) is 34.7 Å². The maximum atomic E-state index is 5.01. The molecule has 2 aromatic rings. The smallest absolute Gasteiger partial charge is 0.223 e. The molecule has 114 valence electrons. The van der Waals surface area contributed by atoms with E-state index in [0.717, 1.165) is 57.5 Å². The van der Waals surface area contributed by atoms with Gasteiger partial charge in [-0.2, -0.15) is 10.1 Å². The topological polar surface area (TPSA) is 76.1 Å². The van der Waals surface area contributed by atoms with Crippen molar-refractivity contribution in [2.45, 2.75) is 33.5 Å². The maximum absolute atomic E-state index is 5.01. The van der Waals surface area contributed by atoms with Crippen LogP contribution in [-0.2, 0) is 19.6 Å². The average molecular weight is 291 g/mol. The SMILES string of the molecule is CCn1ncnc1CN1CCN(Cc2noc(C)n2)CC1. The fraction of sp³-hybridized carbons (Fsp3) is 0.692. The summed E-state index contributed by atoms with van der Waals surface area (Å²) in [5, 5.41) is 8.16.